The molecule has 0 aliphatic carbocycles. The molecule has 0 saturated carbocycles. The van der Waals surface area contributed by atoms with E-state index in [1.165, 1.54) is 58.0 Å². The molecule has 1 fully saturated rings. The molecule has 114 valence electrons. The van der Waals surface area contributed by atoms with Crippen LogP contribution < -0.4 is 0 Å². The minimum atomic E-state index is -2.00. The quantitative estimate of drug-likeness (QED) is 0.422. The first kappa shape index (κ1) is 17.1. The normalized spacial score (nSPS) is 19.1. The highest BCUT2D eigenvalue weighted by atomic mass is 28.4. The number of unbranched alkanes of at least 4 members (excludes halogenated alkanes) is 5. The maximum atomic E-state index is 6.08. The van der Waals surface area contributed by atoms with E-state index in [4.69, 9.17) is 8.85 Å². The summed E-state index contributed by atoms with van der Waals surface area (Å²) in [6, 6.07) is 1.16. The molecular weight excluding hydrogens is 254 g/mol. The SMILES string of the molecule is CCCCCCCCN1CCC[Si]1(OCC)OCC. The summed E-state index contributed by atoms with van der Waals surface area (Å²) >= 11 is 0. The van der Waals surface area contributed by atoms with E-state index in [1.54, 1.807) is 0 Å². The third-order valence-electron chi connectivity index (χ3n) is 3.92. The van der Waals surface area contributed by atoms with Gasteiger partial charge in [0.25, 0.3) is 0 Å². The van der Waals surface area contributed by atoms with Crippen molar-refractivity contribution in [2.75, 3.05) is 26.3 Å². The van der Waals surface area contributed by atoms with E-state index in [0.29, 0.717) is 0 Å². The average molecular weight is 288 g/mol. The molecule has 19 heavy (non-hydrogen) atoms. The maximum absolute atomic E-state index is 6.08. The third kappa shape index (κ3) is 5.54. The van der Waals surface area contributed by atoms with Gasteiger partial charge in [-0.2, -0.15) is 0 Å². The van der Waals surface area contributed by atoms with Gasteiger partial charge in [-0.25, -0.2) is 0 Å². The van der Waals surface area contributed by atoms with Crippen LogP contribution in [-0.4, -0.2) is 39.6 Å². The first-order chi connectivity index (χ1) is 9.29. The molecule has 1 saturated heterocycles. The van der Waals surface area contributed by atoms with Crippen LogP contribution in [0.25, 0.3) is 0 Å². The molecule has 0 aromatic heterocycles. The number of nitrogens with zero attached hydrogens (tertiary/aromatic N) is 1. The van der Waals surface area contributed by atoms with Crippen molar-refractivity contribution in [2.45, 2.75) is 71.8 Å². The lowest BCUT2D eigenvalue weighted by Crippen LogP contribution is -2.54. The zero-order chi connectivity index (χ0) is 14.0. The Hall–Kier alpha value is 0.0969. The molecule has 0 N–H and O–H groups in total. The van der Waals surface area contributed by atoms with E-state index in [9.17, 15) is 0 Å². The predicted molar refractivity (Wildman–Crippen MR) is 83.4 cm³/mol. The Labute approximate surface area is 121 Å². The molecule has 0 aromatic rings. The Morgan fingerprint density at radius 1 is 0.895 bits per heavy atom. The first-order valence-electron chi connectivity index (χ1n) is 8.32. The smallest absolute Gasteiger partial charge is 0.383 e. The van der Waals surface area contributed by atoms with Gasteiger partial charge in [-0.15, -0.1) is 0 Å². The maximum Gasteiger partial charge on any atom is 0.427 e. The average Bonchev–Trinajstić information content (AvgIpc) is 2.78. The van der Waals surface area contributed by atoms with Gasteiger partial charge in [0.2, 0.25) is 0 Å². The van der Waals surface area contributed by atoms with Gasteiger partial charge in [0.15, 0.2) is 0 Å². The Morgan fingerprint density at radius 2 is 1.53 bits per heavy atom. The lowest BCUT2D eigenvalue weighted by molar-refractivity contribution is 0.135. The fourth-order valence-electron chi connectivity index (χ4n) is 3.01. The van der Waals surface area contributed by atoms with Gasteiger partial charge in [-0.05, 0) is 39.8 Å². The van der Waals surface area contributed by atoms with E-state index in [-0.39, 0.29) is 0 Å². The standard InChI is InChI=1S/C15H33NO2Si/c1-4-7-8-9-10-11-13-16-14-12-15-19(16,17-5-2)18-6-3/h4-15H2,1-3H3. The van der Waals surface area contributed by atoms with Crippen LogP contribution in [-0.2, 0) is 8.85 Å². The van der Waals surface area contributed by atoms with Crippen molar-refractivity contribution in [3.05, 3.63) is 0 Å². The van der Waals surface area contributed by atoms with Crippen molar-refractivity contribution in [1.82, 2.24) is 4.57 Å². The lowest BCUT2D eigenvalue weighted by Gasteiger charge is -2.34. The van der Waals surface area contributed by atoms with Crippen molar-refractivity contribution in [3.8, 4) is 0 Å². The van der Waals surface area contributed by atoms with Crippen LogP contribution in [0.15, 0.2) is 0 Å². The van der Waals surface area contributed by atoms with Crippen molar-refractivity contribution < 1.29 is 8.85 Å². The van der Waals surface area contributed by atoms with Crippen LogP contribution in [0, 0.1) is 0 Å². The highest BCUT2D eigenvalue weighted by molar-refractivity contribution is 6.65. The molecule has 0 bridgehead atoms. The summed E-state index contributed by atoms with van der Waals surface area (Å²) in [6.45, 7) is 10.4. The van der Waals surface area contributed by atoms with Gasteiger partial charge in [0.1, 0.15) is 0 Å². The van der Waals surface area contributed by atoms with Crippen LogP contribution in [0.5, 0.6) is 0 Å². The minimum absolute atomic E-state index is 0.791. The predicted octanol–water partition coefficient (Wildman–Crippen LogP) is 4.06. The van der Waals surface area contributed by atoms with Gasteiger partial charge >= 0.3 is 8.72 Å². The fraction of sp³-hybridized carbons (Fsp3) is 1.00. The second-order valence-electron chi connectivity index (χ2n) is 5.44. The van der Waals surface area contributed by atoms with E-state index >= 15 is 0 Å². The van der Waals surface area contributed by atoms with Crippen LogP contribution in [0.4, 0.5) is 0 Å². The monoisotopic (exact) mass is 287 g/mol. The first-order valence-corrected chi connectivity index (χ1v) is 10.3. The topological polar surface area (TPSA) is 21.7 Å². The molecule has 0 atom stereocenters. The number of hydrogen-bond acceptors (Lipinski definition) is 3. The van der Waals surface area contributed by atoms with Crippen molar-refractivity contribution in [1.29, 1.82) is 0 Å². The third-order valence-corrected chi connectivity index (χ3v) is 7.80. The molecule has 1 aliphatic rings. The van der Waals surface area contributed by atoms with Gasteiger partial charge in [0, 0.05) is 19.3 Å². The van der Waals surface area contributed by atoms with Gasteiger partial charge in [-0.1, -0.05) is 39.0 Å². The van der Waals surface area contributed by atoms with E-state index in [1.807, 2.05) is 0 Å². The second-order valence-corrected chi connectivity index (χ2v) is 8.57. The van der Waals surface area contributed by atoms with E-state index in [2.05, 4.69) is 25.3 Å². The summed E-state index contributed by atoms with van der Waals surface area (Å²) < 4.78 is 14.7. The van der Waals surface area contributed by atoms with E-state index in [0.717, 1.165) is 19.3 Å². The Kier molecular flexibility index (Phi) is 8.95. The van der Waals surface area contributed by atoms with Crippen LogP contribution in [0.1, 0.15) is 65.7 Å². The molecule has 4 heteroatoms. The summed E-state index contributed by atoms with van der Waals surface area (Å²) in [4.78, 5) is 0. The molecule has 1 rings (SSSR count). The summed E-state index contributed by atoms with van der Waals surface area (Å²) in [5, 5.41) is 0. The van der Waals surface area contributed by atoms with E-state index < -0.39 is 8.72 Å². The van der Waals surface area contributed by atoms with Crippen molar-refractivity contribution in [2.24, 2.45) is 0 Å². The summed E-state index contributed by atoms with van der Waals surface area (Å²) in [6.07, 6.45) is 9.42. The highest BCUT2D eigenvalue weighted by Gasteiger charge is 2.48. The Balaban J connectivity index is 2.29. The molecule has 0 radical (unpaired) electrons. The largest absolute Gasteiger partial charge is 0.427 e. The molecule has 0 amide bonds. The fourth-order valence-corrected chi connectivity index (χ4v) is 6.56. The Morgan fingerprint density at radius 3 is 2.16 bits per heavy atom. The zero-order valence-electron chi connectivity index (χ0n) is 13.2. The van der Waals surface area contributed by atoms with Crippen LogP contribution in [0.2, 0.25) is 6.04 Å². The van der Waals surface area contributed by atoms with Gasteiger partial charge in [-0.3, -0.25) is 4.57 Å². The molecule has 0 spiro atoms. The molecule has 1 heterocycles. The summed E-state index contributed by atoms with van der Waals surface area (Å²) in [5.41, 5.74) is 0. The minimum Gasteiger partial charge on any atom is -0.383 e. The Bertz CT molecular complexity index is 220. The van der Waals surface area contributed by atoms with Crippen LogP contribution >= 0.6 is 0 Å². The molecule has 0 aromatic carbocycles. The summed E-state index contributed by atoms with van der Waals surface area (Å²) in [5.74, 6) is 0. The van der Waals surface area contributed by atoms with Crippen molar-refractivity contribution >= 4 is 8.72 Å². The second kappa shape index (κ2) is 9.92. The lowest BCUT2D eigenvalue weighted by atomic mass is 10.1. The van der Waals surface area contributed by atoms with Gasteiger partial charge < -0.3 is 8.85 Å². The van der Waals surface area contributed by atoms with Crippen molar-refractivity contribution in [3.63, 3.8) is 0 Å². The molecule has 0 unspecified atom stereocenters. The number of rotatable bonds is 11. The zero-order valence-corrected chi connectivity index (χ0v) is 14.2. The molecule has 3 nitrogen and oxygen atoms in total. The highest BCUT2D eigenvalue weighted by Crippen LogP contribution is 2.28. The number of hydrogen-bond donors (Lipinski definition) is 0. The van der Waals surface area contributed by atoms with Gasteiger partial charge in [0.05, 0.1) is 0 Å². The molecule has 1 aliphatic heterocycles. The molecular formula is C15H33NO2Si. The van der Waals surface area contributed by atoms with Crippen LogP contribution in [0.3, 0.4) is 0 Å². The summed E-state index contributed by atoms with van der Waals surface area (Å²) in [7, 11) is -2.00.